The van der Waals surface area contributed by atoms with Gasteiger partial charge in [-0.3, -0.25) is 4.98 Å². The number of aromatic nitrogens is 2. The van der Waals surface area contributed by atoms with Crippen molar-refractivity contribution in [3.8, 4) is 11.8 Å². The van der Waals surface area contributed by atoms with Gasteiger partial charge in [-0.05, 0) is 55.5 Å². The predicted molar refractivity (Wildman–Crippen MR) is 129 cm³/mol. The Morgan fingerprint density at radius 3 is 2.68 bits per heavy atom. The van der Waals surface area contributed by atoms with Crippen molar-refractivity contribution in [1.29, 1.82) is 0 Å². The van der Waals surface area contributed by atoms with Crippen LogP contribution in [0.25, 0.3) is 11.0 Å². The maximum atomic E-state index is 4.95. The Bertz CT molecular complexity index is 1440. The van der Waals surface area contributed by atoms with Gasteiger partial charge in [-0.1, -0.05) is 34.8 Å². The van der Waals surface area contributed by atoms with Crippen LogP contribution in [0.15, 0.2) is 70.9 Å². The Labute approximate surface area is 197 Å². The lowest BCUT2D eigenvalue weighted by molar-refractivity contribution is -0.631. The molecule has 4 aliphatic heterocycles. The molecule has 3 saturated heterocycles. The summed E-state index contributed by atoms with van der Waals surface area (Å²) < 4.78 is 0. The van der Waals surface area contributed by atoms with Crippen molar-refractivity contribution in [2.24, 2.45) is 0 Å². The molecule has 8 rings (SSSR count). The second-order valence-electron chi connectivity index (χ2n) is 9.70. The summed E-state index contributed by atoms with van der Waals surface area (Å²) >= 11 is 0. The number of piperazine rings is 1. The molecule has 5 heterocycles. The summed E-state index contributed by atoms with van der Waals surface area (Å²) in [6.45, 7) is 0.788. The van der Waals surface area contributed by atoms with Crippen LogP contribution >= 0.6 is 0 Å². The van der Waals surface area contributed by atoms with Crippen molar-refractivity contribution in [1.82, 2.24) is 25.4 Å². The molecule has 2 aliphatic carbocycles. The van der Waals surface area contributed by atoms with Crippen molar-refractivity contribution in [3.63, 3.8) is 0 Å². The number of nitrogens with zero attached hydrogens (tertiary/aromatic N) is 5. The molecule has 2 bridgehead atoms. The Morgan fingerprint density at radius 1 is 1.09 bits per heavy atom. The van der Waals surface area contributed by atoms with E-state index >= 15 is 0 Å². The third kappa shape index (κ3) is 2.67. The number of anilines is 1. The number of allylic oxidation sites excluding steroid dienone is 3. The summed E-state index contributed by atoms with van der Waals surface area (Å²) in [4.78, 5) is 14.8. The molecule has 4 fully saturated rings. The van der Waals surface area contributed by atoms with Crippen LogP contribution in [-0.4, -0.2) is 56.9 Å². The van der Waals surface area contributed by atoms with Gasteiger partial charge >= 0.3 is 0 Å². The van der Waals surface area contributed by atoms with Crippen LogP contribution in [0.2, 0.25) is 0 Å². The quantitative estimate of drug-likeness (QED) is 0.414. The Hall–Kier alpha value is -3.85. The van der Waals surface area contributed by atoms with E-state index in [1.54, 1.807) is 0 Å². The van der Waals surface area contributed by atoms with E-state index in [0.717, 1.165) is 34.7 Å². The summed E-state index contributed by atoms with van der Waals surface area (Å²) in [6, 6.07) is 10.2. The molecule has 1 aromatic heterocycles. The smallest absolute Gasteiger partial charge is 0.185 e. The van der Waals surface area contributed by atoms with E-state index in [4.69, 9.17) is 4.98 Å². The third-order valence-corrected chi connectivity index (χ3v) is 7.78. The summed E-state index contributed by atoms with van der Waals surface area (Å²) in [6.07, 6.45) is 12.7. The molecule has 1 aromatic carbocycles. The lowest BCUT2D eigenvalue weighted by atomic mass is 10.0. The maximum absolute atomic E-state index is 4.95. The minimum absolute atomic E-state index is 0.499. The van der Waals surface area contributed by atoms with Gasteiger partial charge in [0.15, 0.2) is 11.9 Å². The number of fused-ring (bicyclic) bond motifs is 6. The molecule has 0 radical (unpaired) electrons. The Balaban J connectivity index is 1.14. The molecule has 4 atom stereocenters. The fraction of sp³-hybridized carbons (Fsp3) is 0.333. The number of hydrogen-bond acceptors (Lipinski definition) is 6. The Kier molecular flexibility index (Phi) is 3.73. The number of nitrogens with one attached hydrogen (secondary N) is 2. The minimum Gasteiger partial charge on any atom is -0.360 e. The highest BCUT2D eigenvalue weighted by molar-refractivity contribution is 5.76. The highest BCUT2D eigenvalue weighted by Crippen LogP contribution is 2.57. The topological polar surface area (TPSA) is 61.3 Å². The van der Waals surface area contributed by atoms with Crippen molar-refractivity contribution in [2.45, 2.75) is 49.9 Å². The standard InChI is InChI=1S/C27H23N7/c1-2-6-19(34-29-13-14-30-34)15-18(5-1)25(17-9-10-17)32-22-11-12-23(32)27-26(22)33(27)24-16-28-20-7-3-4-8-21(20)31-24/h2-4,6-8,13,16,22-23,26-27,30H,9-12,14H2/p+1. The van der Waals surface area contributed by atoms with Crippen LogP contribution in [0.5, 0.6) is 0 Å². The molecule has 34 heavy (non-hydrogen) atoms. The monoisotopic (exact) mass is 446 g/mol. The number of para-hydroxylation sites is 2. The summed E-state index contributed by atoms with van der Waals surface area (Å²) in [5.41, 5.74) is 13.7. The molecule has 2 aromatic rings. The first-order valence-corrected chi connectivity index (χ1v) is 12.2. The molecule has 6 aliphatic rings. The molecular formula is C27H24N7+. The average molecular weight is 447 g/mol. The first-order valence-electron chi connectivity index (χ1n) is 12.2. The van der Waals surface area contributed by atoms with Gasteiger partial charge in [0.05, 0.1) is 52.7 Å². The van der Waals surface area contributed by atoms with Crippen LogP contribution in [0.1, 0.15) is 25.7 Å². The number of hydrogen-bond donors (Lipinski definition) is 2. The van der Waals surface area contributed by atoms with Crippen LogP contribution in [0, 0.1) is 11.8 Å². The van der Waals surface area contributed by atoms with Crippen molar-refractivity contribution < 1.29 is 5.10 Å². The SMILES string of the molecule is C1=C(C(=C2CC2)N2C3CCC2C2C3N2c2cnc3ccccc3n2)C#CC=CC=1N1NCC=[NH+]1. The van der Waals surface area contributed by atoms with Gasteiger partial charge in [-0.25, -0.2) is 4.98 Å². The van der Waals surface area contributed by atoms with E-state index in [-0.39, 0.29) is 0 Å². The largest absolute Gasteiger partial charge is 0.360 e. The molecule has 0 spiro atoms. The van der Waals surface area contributed by atoms with Gasteiger partial charge in [0.1, 0.15) is 12.4 Å². The van der Waals surface area contributed by atoms with E-state index in [1.807, 2.05) is 47.9 Å². The van der Waals surface area contributed by atoms with Crippen LogP contribution in [-0.2, 0) is 0 Å². The average Bonchev–Trinajstić information content (AvgIpc) is 3.74. The van der Waals surface area contributed by atoms with Crippen LogP contribution < -0.4 is 15.4 Å². The summed E-state index contributed by atoms with van der Waals surface area (Å²) in [5, 5.41) is 5.15. The van der Waals surface area contributed by atoms with E-state index in [2.05, 4.69) is 48.9 Å². The third-order valence-electron chi connectivity index (χ3n) is 7.78. The fourth-order valence-electron chi connectivity index (χ4n) is 6.29. The van der Waals surface area contributed by atoms with Gasteiger partial charge in [-0.15, -0.1) is 5.10 Å². The lowest BCUT2D eigenvalue weighted by Gasteiger charge is -2.32. The highest BCUT2D eigenvalue weighted by Gasteiger charge is 2.69. The second-order valence-corrected chi connectivity index (χ2v) is 9.70. The molecule has 2 N–H and O–H groups in total. The number of benzene rings is 1. The summed E-state index contributed by atoms with van der Waals surface area (Å²) in [5.74, 6) is 7.67. The van der Waals surface area contributed by atoms with Gasteiger partial charge in [0.2, 0.25) is 0 Å². The molecule has 1 saturated carbocycles. The predicted octanol–water partition coefficient (Wildman–Crippen LogP) is 0.950. The first-order chi connectivity index (χ1) is 16.9. The normalized spacial score (nSPS) is 29.6. The van der Waals surface area contributed by atoms with Gasteiger partial charge in [0.25, 0.3) is 0 Å². The second kappa shape index (κ2) is 6.83. The van der Waals surface area contributed by atoms with Crippen LogP contribution in [0.3, 0.4) is 0 Å². The minimum atomic E-state index is 0.499. The Morgan fingerprint density at radius 2 is 1.91 bits per heavy atom. The number of hydrazone groups is 1. The van der Waals surface area contributed by atoms with E-state index < -0.39 is 0 Å². The zero-order valence-electron chi connectivity index (χ0n) is 18.7. The molecule has 0 amide bonds. The van der Waals surface area contributed by atoms with Gasteiger partial charge < -0.3 is 9.80 Å². The first kappa shape index (κ1) is 18.6. The van der Waals surface area contributed by atoms with Crippen molar-refractivity contribution in [3.05, 3.63) is 70.9 Å². The lowest BCUT2D eigenvalue weighted by Crippen LogP contribution is -2.79. The van der Waals surface area contributed by atoms with E-state index in [0.29, 0.717) is 24.2 Å². The molecule has 4 unspecified atom stereocenters. The number of rotatable bonds is 4. The molecule has 166 valence electrons. The summed E-state index contributed by atoms with van der Waals surface area (Å²) in [7, 11) is 0. The number of hydrazine groups is 2. The van der Waals surface area contributed by atoms with Gasteiger partial charge in [-0.2, -0.15) is 5.43 Å². The van der Waals surface area contributed by atoms with E-state index in [1.165, 1.54) is 37.0 Å². The fourth-order valence-corrected chi connectivity index (χ4v) is 6.29. The molecular weight excluding hydrogens is 422 g/mol. The zero-order chi connectivity index (χ0) is 22.2. The van der Waals surface area contributed by atoms with Crippen molar-refractivity contribution >= 4 is 23.1 Å². The molecule has 7 nitrogen and oxygen atoms in total. The van der Waals surface area contributed by atoms with Crippen LogP contribution in [0.4, 0.5) is 5.82 Å². The van der Waals surface area contributed by atoms with Gasteiger partial charge in [0, 0.05) is 0 Å². The van der Waals surface area contributed by atoms with Crippen molar-refractivity contribution in [2.75, 3.05) is 11.4 Å². The highest BCUT2D eigenvalue weighted by atomic mass is 15.7. The zero-order valence-corrected chi connectivity index (χ0v) is 18.7. The molecule has 7 heteroatoms. The van der Waals surface area contributed by atoms with E-state index in [9.17, 15) is 0 Å². The maximum Gasteiger partial charge on any atom is 0.185 e.